The van der Waals surface area contributed by atoms with Crippen molar-refractivity contribution in [1.82, 2.24) is 9.55 Å². The summed E-state index contributed by atoms with van der Waals surface area (Å²) in [5.74, 6) is -0.749. The molecule has 4 nitrogen and oxygen atoms in total. The second-order valence-corrected chi connectivity index (χ2v) is 9.13. The Morgan fingerprint density at radius 1 is 0.971 bits per heavy atom. The van der Waals surface area contributed by atoms with Crippen LogP contribution in [0.15, 0.2) is 85.1 Å². The van der Waals surface area contributed by atoms with E-state index in [-0.39, 0.29) is 6.42 Å². The number of benzene rings is 3. The molecule has 1 N–H and O–H groups in total. The first kappa shape index (κ1) is 22.9. The third-order valence-electron chi connectivity index (χ3n) is 6.13. The van der Waals surface area contributed by atoms with Crippen LogP contribution in [0.4, 0.5) is 0 Å². The van der Waals surface area contributed by atoms with E-state index in [4.69, 9.17) is 21.7 Å². The van der Waals surface area contributed by atoms with Gasteiger partial charge in [-0.25, -0.2) is 4.98 Å². The Balaban J connectivity index is 1.36. The predicted octanol–water partition coefficient (Wildman–Crippen LogP) is 7.47. The van der Waals surface area contributed by atoms with E-state index in [1.54, 1.807) is 0 Å². The molecule has 5 heteroatoms. The van der Waals surface area contributed by atoms with Crippen molar-refractivity contribution in [2.24, 2.45) is 0 Å². The van der Waals surface area contributed by atoms with Gasteiger partial charge in [0, 0.05) is 40.5 Å². The SMILES string of the molecule is O=C(O)CCCc1cn(Cc2cccc(/C=C/c3ccc4ccc(Cl)cc4n3)c2)c2ccccc12. The van der Waals surface area contributed by atoms with Crippen molar-refractivity contribution in [2.45, 2.75) is 25.8 Å². The third-order valence-corrected chi connectivity index (χ3v) is 6.37. The molecule has 2 aromatic heterocycles. The zero-order valence-electron chi connectivity index (χ0n) is 19.2. The van der Waals surface area contributed by atoms with Crippen LogP contribution in [0.5, 0.6) is 0 Å². The van der Waals surface area contributed by atoms with Crippen LogP contribution in [0.1, 0.15) is 35.2 Å². The number of hydrogen-bond acceptors (Lipinski definition) is 2. The second-order valence-electron chi connectivity index (χ2n) is 8.70. The molecule has 0 aliphatic carbocycles. The summed E-state index contributed by atoms with van der Waals surface area (Å²) >= 11 is 6.12. The van der Waals surface area contributed by atoms with E-state index >= 15 is 0 Å². The van der Waals surface area contributed by atoms with E-state index in [0.717, 1.165) is 40.6 Å². The van der Waals surface area contributed by atoms with Gasteiger partial charge in [-0.3, -0.25) is 4.79 Å². The first-order valence-electron chi connectivity index (χ1n) is 11.7. The number of aliphatic carboxylic acids is 1. The largest absolute Gasteiger partial charge is 0.481 e. The Bertz CT molecular complexity index is 1550. The summed E-state index contributed by atoms with van der Waals surface area (Å²) in [6.45, 7) is 0.744. The van der Waals surface area contributed by atoms with E-state index in [0.29, 0.717) is 11.4 Å². The minimum absolute atomic E-state index is 0.187. The lowest BCUT2D eigenvalue weighted by atomic mass is 10.1. The molecule has 0 saturated carbocycles. The first-order chi connectivity index (χ1) is 17.0. The lowest BCUT2D eigenvalue weighted by Gasteiger charge is -2.07. The molecule has 0 saturated heterocycles. The quantitative estimate of drug-likeness (QED) is 0.250. The number of aryl methyl sites for hydroxylation is 1. The Hall–Kier alpha value is -3.89. The number of para-hydroxylation sites is 1. The number of carboxylic acids is 1. The fourth-order valence-corrected chi connectivity index (χ4v) is 4.62. The lowest BCUT2D eigenvalue weighted by molar-refractivity contribution is -0.137. The smallest absolute Gasteiger partial charge is 0.303 e. The van der Waals surface area contributed by atoms with E-state index in [9.17, 15) is 4.79 Å². The van der Waals surface area contributed by atoms with Gasteiger partial charge in [0.1, 0.15) is 0 Å². The number of nitrogens with zero attached hydrogens (tertiary/aromatic N) is 2. The van der Waals surface area contributed by atoms with Gasteiger partial charge in [-0.1, -0.05) is 66.2 Å². The fraction of sp³-hybridized carbons (Fsp3) is 0.133. The molecule has 0 amide bonds. The van der Waals surface area contributed by atoms with E-state index in [1.807, 2.05) is 42.5 Å². The molecule has 0 spiro atoms. The zero-order chi connectivity index (χ0) is 24.2. The molecule has 174 valence electrons. The number of fused-ring (bicyclic) bond motifs is 2. The predicted molar refractivity (Wildman–Crippen MR) is 144 cm³/mol. The number of carbonyl (C=O) groups is 1. The molecule has 0 radical (unpaired) electrons. The number of rotatable bonds is 8. The molecule has 2 heterocycles. The summed E-state index contributed by atoms with van der Waals surface area (Å²) in [6, 6.07) is 26.6. The number of aromatic nitrogens is 2. The van der Waals surface area contributed by atoms with Crippen LogP contribution in [0.2, 0.25) is 5.02 Å². The van der Waals surface area contributed by atoms with Crippen molar-refractivity contribution in [1.29, 1.82) is 0 Å². The molecule has 3 aromatic carbocycles. The summed E-state index contributed by atoms with van der Waals surface area (Å²) in [6.07, 6.45) is 7.84. The van der Waals surface area contributed by atoms with Gasteiger partial charge in [-0.05, 0) is 65.9 Å². The summed E-state index contributed by atoms with van der Waals surface area (Å²) < 4.78 is 2.25. The molecule has 0 atom stereocenters. The van der Waals surface area contributed by atoms with Crippen molar-refractivity contribution in [3.63, 3.8) is 0 Å². The minimum Gasteiger partial charge on any atom is -0.481 e. The summed E-state index contributed by atoms with van der Waals surface area (Å²) in [7, 11) is 0. The summed E-state index contributed by atoms with van der Waals surface area (Å²) in [4.78, 5) is 15.6. The second kappa shape index (κ2) is 10.2. The maximum atomic E-state index is 10.9. The average molecular weight is 481 g/mol. The molecule has 0 aliphatic heterocycles. The summed E-state index contributed by atoms with van der Waals surface area (Å²) in [5, 5.41) is 11.9. The Morgan fingerprint density at radius 2 is 1.83 bits per heavy atom. The third kappa shape index (κ3) is 5.44. The van der Waals surface area contributed by atoms with Crippen molar-refractivity contribution in [3.05, 3.63) is 112 Å². The van der Waals surface area contributed by atoms with Gasteiger partial charge in [0.15, 0.2) is 0 Å². The van der Waals surface area contributed by atoms with E-state index < -0.39 is 5.97 Å². The maximum absolute atomic E-state index is 10.9. The van der Waals surface area contributed by atoms with Gasteiger partial charge in [0.2, 0.25) is 0 Å². The topological polar surface area (TPSA) is 55.1 Å². The Kier molecular flexibility index (Phi) is 6.64. The molecular weight excluding hydrogens is 456 g/mol. The van der Waals surface area contributed by atoms with E-state index in [2.05, 4.69) is 59.3 Å². The highest BCUT2D eigenvalue weighted by molar-refractivity contribution is 6.31. The lowest BCUT2D eigenvalue weighted by Crippen LogP contribution is -1.98. The average Bonchev–Trinajstić information content (AvgIpc) is 3.20. The van der Waals surface area contributed by atoms with Gasteiger partial charge >= 0.3 is 5.97 Å². The van der Waals surface area contributed by atoms with Crippen LogP contribution in [0, 0.1) is 0 Å². The van der Waals surface area contributed by atoms with Gasteiger partial charge in [0.25, 0.3) is 0 Å². The van der Waals surface area contributed by atoms with E-state index in [1.165, 1.54) is 16.5 Å². The fourth-order valence-electron chi connectivity index (χ4n) is 4.46. The standard InChI is InChI=1S/C30H25ClN2O2/c31-25-14-12-23-13-16-26(32-28(23)18-25)15-11-21-5-3-6-22(17-21)19-33-20-24(7-4-10-30(34)35)27-8-1-2-9-29(27)33/h1-3,5-6,8-9,11-18,20H,4,7,10,19H2,(H,34,35)/b15-11+. The highest BCUT2D eigenvalue weighted by Crippen LogP contribution is 2.24. The first-order valence-corrected chi connectivity index (χ1v) is 12.0. The highest BCUT2D eigenvalue weighted by atomic mass is 35.5. The molecule has 35 heavy (non-hydrogen) atoms. The molecule has 0 fully saturated rings. The molecule has 0 aliphatic rings. The van der Waals surface area contributed by atoms with Crippen LogP contribution < -0.4 is 0 Å². The number of pyridine rings is 1. The molecule has 5 rings (SSSR count). The van der Waals surface area contributed by atoms with Gasteiger partial charge in [0.05, 0.1) is 11.2 Å². The van der Waals surface area contributed by atoms with Crippen LogP contribution in [0.3, 0.4) is 0 Å². The molecular formula is C30H25ClN2O2. The molecule has 0 unspecified atom stereocenters. The normalized spacial score (nSPS) is 11.6. The van der Waals surface area contributed by atoms with Crippen molar-refractivity contribution in [2.75, 3.05) is 0 Å². The minimum atomic E-state index is -0.749. The maximum Gasteiger partial charge on any atom is 0.303 e. The number of halogens is 1. The van der Waals surface area contributed by atoms with Crippen LogP contribution in [0.25, 0.3) is 34.0 Å². The van der Waals surface area contributed by atoms with Crippen LogP contribution in [-0.4, -0.2) is 20.6 Å². The van der Waals surface area contributed by atoms with Crippen molar-refractivity contribution < 1.29 is 9.90 Å². The Morgan fingerprint density at radius 3 is 2.71 bits per heavy atom. The van der Waals surface area contributed by atoms with Gasteiger partial charge < -0.3 is 9.67 Å². The van der Waals surface area contributed by atoms with Crippen molar-refractivity contribution >= 4 is 51.5 Å². The van der Waals surface area contributed by atoms with Gasteiger partial charge in [-0.15, -0.1) is 0 Å². The van der Waals surface area contributed by atoms with Crippen LogP contribution >= 0.6 is 11.6 Å². The van der Waals surface area contributed by atoms with Crippen LogP contribution in [-0.2, 0) is 17.8 Å². The molecule has 5 aromatic rings. The zero-order valence-corrected chi connectivity index (χ0v) is 19.9. The van der Waals surface area contributed by atoms with Crippen molar-refractivity contribution in [3.8, 4) is 0 Å². The number of carboxylic acid groups (broad SMARTS) is 1. The Labute approximate surface area is 209 Å². The monoisotopic (exact) mass is 480 g/mol. The molecule has 0 bridgehead atoms. The highest BCUT2D eigenvalue weighted by Gasteiger charge is 2.09. The van der Waals surface area contributed by atoms with Gasteiger partial charge in [-0.2, -0.15) is 0 Å². The summed E-state index contributed by atoms with van der Waals surface area (Å²) in [5.41, 5.74) is 6.43. The number of hydrogen-bond donors (Lipinski definition) is 1.